The summed E-state index contributed by atoms with van der Waals surface area (Å²) in [5, 5.41) is 16.5. The van der Waals surface area contributed by atoms with Crippen LogP contribution in [0.15, 0.2) is 72.9 Å². The molecule has 1 aliphatic rings. The number of amides is 3. The van der Waals surface area contributed by atoms with Crippen molar-refractivity contribution >= 4 is 23.3 Å². The van der Waals surface area contributed by atoms with E-state index in [2.05, 4.69) is 26.3 Å². The molecule has 182 valence electrons. The topological polar surface area (TPSA) is 129 Å². The fourth-order valence-corrected chi connectivity index (χ4v) is 3.52. The summed E-state index contributed by atoms with van der Waals surface area (Å²) >= 11 is 0. The average molecular weight is 486 g/mol. The molecule has 4 aromatic rings. The number of hydrogen-bond donors (Lipinski definition) is 3. The van der Waals surface area contributed by atoms with E-state index in [-0.39, 0.29) is 19.2 Å². The standard InChI is InChI=1S/C25H22N6O5/c1-34-21-7-3-6-20(12-21)31-14-19(29-30-31)13-26-25(33)28-18-5-2-4-17(11-18)27-24(32)16-8-9-22-23(10-16)36-15-35-22/h2-12,14H,13,15H2,1H3,(H,27,32)(H2,26,28,33). The number of carbonyl (C=O) groups excluding carboxylic acids is 2. The van der Waals surface area contributed by atoms with E-state index in [1.54, 1.807) is 60.5 Å². The number of carbonyl (C=O) groups is 2. The van der Waals surface area contributed by atoms with Crippen LogP contribution in [0.2, 0.25) is 0 Å². The molecule has 0 bridgehead atoms. The number of nitrogens with zero attached hydrogens (tertiary/aromatic N) is 3. The largest absolute Gasteiger partial charge is 0.497 e. The molecule has 5 rings (SSSR count). The minimum absolute atomic E-state index is 0.136. The quantitative estimate of drug-likeness (QED) is 0.364. The van der Waals surface area contributed by atoms with E-state index in [1.165, 1.54) is 0 Å². The minimum Gasteiger partial charge on any atom is -0.497 e. The zero-order valence-corrected chi connectivity index (χ0v) is 19.2. The molecule has 0 saturated carbocycles. The molecule has 36 heavy (non-hydrogen) atoms. The van der Waals surface area contributed by atoms with Gasteiger partial charge in [0.2, 0.25) is 6.79 Å². The number of rotatable bonds is 7. The SMILES string of the molecule is COc1cccc(-n2cc(CNC(=O)Nc3cccc(NC(=O)c4ccc5c(c4)OCO5)c3)nn2)c1. The van der Waals surface area contributed by atoms with Crippen molar-refractivity contribution in [1.82, 2.24) is 20.3 Å². The maximum Gasteiger partial charge on any atom is 0.319 e. The Kier molecular flexibility index (Phi) is 6.34. The zero-order valence-electron chi connectivity index (χ0n) is 19.2. The molecule has 2 heterocycles. The van der Waals surface area contributed by atoms with Gasteiger partial charge in [0.05, 0.1) is 25.5 Å². The molecular formula is C25H22N6O5. The van der Waals surface area contributed by atoms with Gasteiger partial charge in [-0.05, 0) is 48.5 Å². The van der Waals surface area contributed by atoms with Gasteiger partial charge in [-0.15, -0.1) is 5.10 Å². The number of methoxy groups -OCH3 is 1. The molecule has 0 saturated heterocycles. The molecule has 0 atom stereocenters. The summed E-state index contributed by atoms with van der Waals surface area (Å²) in [6.07, 6.45) is 1.72. The number of ether oxygens (including phenoxy) is 3. The maximum atomic E-state index is 12.6. The Morgan fingerprint density at radius 1 is 0.972 bits per heavy atom. The van der Waals surface area contributed by atoms with Gasteiger partial charge in [-0.2, -0.15) is 0 Å². The lowest BCUT2D eigenvalue weighted by molar-refractivity contribution is 0.102. The second kappa shape index (κ2) is 10.1. The van der Waals surface area contributed by atoms with Crippen LogP contribution >= 0.6 is 0 Å². The van der Waals surface area contributed by atoms with Gasteiger partial charge in [0, 0.05) is 23.0 Å². The van der Waals surface area contributed by atoms with Gasteiger partial charge in [0.25, 0.3) is 5.91 Å². The number of anilines is 2. The Bertz CT molecular complexity index is 1420. The smallest absolute Gasteiger partial charge is 0.319 e. The highest BCUT2D eigenvalue weighted by molar-refractivity contribution is 6.05. The molecule has 3 N–H and O–H groups in total. The molecule has 1 aliphatic heterocycles. The first-order valence-electron chi connectivity index (χ1n) is 11.0. The molecule has 3 amide bonds. The Labute approximate surface area is 206 Å². The van der Waals surface area contributed by atoms with Crippen molar-refractivity contribution in [1.29, 1.82) is 0 Å². The number of fused-ring (bicyclic) bond motifs is 1. The van der Waals surface area contributed by atoms with Gasteiger partial charge in [-0.25, -0.2) is 9.48 Å². The molecular weight excluding hydrogens is 464 g/mol. The summed E-state index contributed by atoms with van der Waals surface area (Å²) in [5.74, 6) is 1.52. The third kappa shape index (κ3) is 5.20. The van der Waals surface area contributed by atoms with Crippen LogP contribution < -0.4 is 30.2 Å². The van der Waals surface area contributed by atoms with Gasteiger partial charge in [-0.3, -0.25) is 4.79 Å². The van der Waals surface area contributed by atoms with E-state index >= 15 is 0 Å². The fraction of sp³-hybridized carbons (Fsp3) is 0.120. The Morgan fingerprint density at radius 2 is 1.78 bits per heavy atom. The molecule has 1 aromatic heterocycles. The van der Waals surface area contributed by atoms with Crippen LogP contribution in [0.1, 0.15) is 16.1 Å². The number of benzene rings is 3. The highest BCUT2D eigenvalue weighted by Crippen LogP contribution is 2.32. The number of nitrogens with one attached hydrogen (secondary N) is 3. The summed E-state index contributed by atoms with van der Waals surface area (Å²) in [7, 11) is 1.59. The van der Waals surface area contributed by atoms with Gasteiger partial charge in [-0.1, -0.05) is 17.3 Å². The summed E-state index contributed by atoms with van der Waals surface area (Å²) in [4.78, 5) is 25.0. The summed E-state index contributed by atoms with van der Waals surface area (Å²) in [5.41, 5.74) is 2.83. The van der Waals surface area contributed by atoms with E-state index < -0.39 is 6.03 Å². The lowest BCUT2D eigenvalue weighted by Gasteiger charge is -2.10. The third-order valence-electron chi connectivity index (χ3n) is 5.30. The van der Waals surface area contributed by atoms with Crippen molar-refractivity contribution < 1.29 is 23.8 Å². The van der Waals surface area contributed by atoms with Gasteiger partial charge >= 0.3 is 6.03 Å². The number of urea groups is 1. The molecule has 0 aliphatic carbocycles. The monoisotopic (exact) mass is 486 g/mol. The van der Waals surface area contributed by atoms with Crippen LogP contribution in [0, 0.1) is 0 Å². The van der Waals surface area contributed by atoms with Crippen molar-refractivity contribution in [3.8, 4) is 22.9 Å². The summed E-state index contributed by atoms with van der Waals surface area (Å²) in [6.45, 7) is 0.313. The number of hydrogen-bond acceptors (Lipinski definition) is 7. The van der Waals surface area contributed by atoms with Crippen LogP contribution in [0.3, 0.4) is 0 Å². The lowest BCUT2D eigenvalue weighted by Crippen LogP contribution is -2.28. The van der Waals surface area contributed by atoms with E-state index in [0.29, 0.717) is 39.9 Å². The van der Waals surface area contributed by atoms with E-state index in [0.717, 1.165) is 5.69 Å². The third-order valence-corrected chi connectivity index (χ3v) is 5.30. The normalized spacial score (nSPS) is 11.6. The van der Waals surface area contributed by atoms with Crippen LogP contribution in [0.25, 0.3) is 5.69 Å². The van der Waals surface area contributed by atoms with E-state index in [1.807, 2.05) is 24.3 Å². The first-order chi connectivity index (χ1) is 17.6. The second-order valence-corrected chi connectivity index (χ2v) is 7.77. The maximum absolute atomic E-state index is 12.6. The molecule has 0 fully saturated rings. The molecule has 11 heteroatoms. The van der Waals surface area contributed by atoms with Crippen LogP contribution in [-0.4, -0.2) is 40.8 Å². The van der Waals surface area contributed by atoms with Crippen LogP contribution in [0.5, 0.6) is 17.2 Å². The molecule has 0 unspecified atom stereocenters. The zero-order chi connectivity index (χ0) is 24.9. The Balaban J connectivity index is 1.16. The average Bonchev–Trinajstić information content (AvgIpc) is 3.57. The van der Waals surface area contributed by atoms with Crippen LogP contribution in [-0.2, 0) is 6.54 Å². The Morgan fingerprint density at radius 3 is 2.64 bits per heavy atom. The highest BCUT2D eigenvalue weighted by Gasteiger charge is 2.16. The predicted octanol–water partition coefficient (Wildman–Crippen LogP) is 3.58. The van der Waals surface area contributed by atoms with Gasteiger partial charge in [0.15, 0.2) is 11.5 Å². The molecule has 0 radical (unpaired) electrons. The highest BCUT2D eigenvalue weighted by atomic mass is 16.7. The summed E-state index contributed by atoms with van der Waals surface area (Å²) in [6, 6.07) is 18.8. The van der Waals surface area contributed by atoms with Gasteiger partial charge < -0.3 is 30.2 Å². The van der Waals surface area contributed by atoms with E-state index in [4.69, 9.17) is 14.2 Å². The van der Waals surface area contributed by atoms with Crippen LogP contribution in [0.4, 0.5) is 16.2 Å². The fourth-order valence-electron chi connectivity index (χ4n) is 3.52. The van der Waals surface area contributed by atoms with Crippen molar-refractivity contribution in [2.24, 2.45) is 0 Å². The van der Waals surface area contributed by atoms with Crippen molar-refractivity contribution in [3.05, 3.63) is 84.2 Å². The van der Waals surface area contributed by atoms with E-state index in [9.17, 15) is 9.59 Å². The predicted molar refractivity (Wildman–Crippen MR) is 131 cm³/mol. The number of aromatic nitrogens is 3. The first-order valence-corrected chi connectivity index (χ1v) is 11.0. The van der Waals surface area contributed by atoms with Crippen molar-refractivity contribution in [2.45, 2.75) is 6.54 Å². The second-order valence-electron chi connectivity index (χ2n) is 7.77. The molecule has 11 nitrogen and oxygen atoms in total. The molecule has 3 aromatic carbocycles. The first kappa shape index (κ1) is 22.7. The summed E-state index contributed by atoms with van der Waals surface area (Å²) < 4.78 is 17.4. The molecule has 0 spiro atoms. The Hall–Kier alpha value is -5.06. The van der Waals surface area contributed by atoms with Crippen molar-refractivity contribution in [3.63, 3.8) is 0 Å². The van der Waals surface area contributed by atoms with Gasteiger partial charge in [0.1, 0.15) is 11.4 Å². The van der Waals surface area contributed by atoms with Crippen molar-refractivity contribution in [2.75, 3.05) is 24.5 Å². The lowest BCUT2D eigenvalue weighted by atomic mass is 10.2. The minimum atomic E-state index is -0.426.